The van der Waals surface area contributed by atoms with Gasteiger partial charge in [-0.1, -0.05) is 39.0 Å². The molecule has 0 aromatic heterocycles. The van der Waals surface area contributed by atoms with Crippen molar-refractivity contribution in [1.82, 2.24) is 47.9 Å². The first-order chi connectivity index (χ1) is 26.1. The van der Waals surface area contributed by atoms with E-state index in [1.807, 2.05) is 35.2 Å². The Bertz CT molecular complexity index is 974. The van der Waals surface area contributed by atoms with Crippen LogP contribution in [-0.2, 0) is 24.0 Å². The summed E-state index contributed by atoms with van der Waals surface area (Å²) in [6.45, 7) is 5.07. The highest BCUT2D eigenvalue weighted by molar-refractivity contribution is 5.80. The zero-order chi connectivity index (χ0) is 40.2. The lowest BCUT2D eigenvalue weighted by molar-refractivity contribution is -0.125. The molecule has 5 atom stereocenters. The van der Waals surface area contributed by atoms with Crippen LogP contribution in [-0.4, -0.2) is 122 Å². The molecule has 0 aliphatic heterocycles. The Morgan fingerprint density at radius 2 is 0.815 bits per heavy atom. The van der Waals surface area contributed by atoms with Gasteiger partial charge in [0.1, 0.15) is 6.29 Å². The molecule has 0 spiro atoms. The Hall–Kier alpha value is -2.65. The summed E-state index contributed by atoms with van der Waals surface area (Å²) >= 11 is 0. The zero-order valence-electron chi connectivity index (χ0n) is 35.0. The lowest BCUT2D eigenvalue weighted by Crippen LogP contribution is -2.44. The maximum absolute atomic E-state index is 13.3. The van der Waals surface area contributed by atoms with Crippen LogP contribution < -0.4 is 47.9 Å². The third kappa shape index (κ3) is 29.7. The van der Waals surface area contributed by atoms with E-state index < -0.39 is 0 Å². The van der Waals surface area contributed by atoms with Crippen molar-refractivity contribution in [2.45, 2.75) is 166 Å². The van der Waals surface area contributed by atoms with Crippen molar-refractivity contribution in [1.29, 1.82) is 0 Å². The molecule has 9 N–H and O–H groups in total. The standard InChI is InChI=1S/C40H81N9O5/c1-7-8-9-17-33(43-4)28-38(52)47-26-16-21-32(22-27-50)48-40(54)31-36(49-39(53)30-35(45-6)19-11-14-24-42-3)20-12-15-25-46-37(51)29-34(44-5)18-10-13-23-41-2/h27,32-36,41-45H,7-26,28-31H2,1-6H3,(H,46,51)(H,47,52)(H,48,54)(H,49,53). The molecule has 0 radical (unpaired) electrons. The number of rotatable bonds is 38. The molecule has 14 nitrogen and oxygen atoms in total. The van der Waals surface area contributed by atoms with E-state index in [1.54, 1.807) is 0 Å². The minimum Gasteiger partial charge on any atom is -0.356 e. The Morgan fingerprint density at radius 1 is 0.444 bits per heavy atom. The number of hydrogen-bond donors (Lipinski definition) is 9. The topological polar surface area (TPSA) is 194 Å². The van der Waals surface area contributed by atoms with Gasteiger partial charge in [-0.15, -0.1) is 0 Å². The van der Waals surface area contributed by atoms with Gasteiger partial charge in [-0.2, -0.15) is 0 Å². The van der Waals surface area contributed by atoms with Crippen molar-refractivity contribution in [2.75, 3.05) is 61.4 Å². The van der Waals surface area contributed by atoms with Crippen LogP contribution in [0.3, 0.4) is 0 Å². The summed E-state index contributed by atoms with van der Waals surface area (Å²) in [7, 11) is 9.51. The number of amides is 4. The van der Waals surface area contributed by atoms with Crippen molar-refractivity contribution >= 4 is 29.9 Å². The van der Waals surface area contributed by atoms with Crippen molar-refractivity contribution < 1.29 is 24.0 Å². The fourth-order valence-electron chi connectivity index (χ4n) is 6.59. The Morgan fingerprint density at radius 3 is 1.26 bits per heavy atom. The van der Waals surface area contributed by atoms with E-state index in [1.165, 1.54) is 0 Å². The average molecular weight is 768 g/mol. The van der Waals surface area contributed by atoms with Gasteiger partial charge >= 0.3 is 0 Å². The first kappa shape index (κ1) is 51.4. The lowest BCUT2D eigenvalue weighted by Gasteiger charge is -2.23. The summed E-state index contributed by atoms with van der Waals surface area (Å²) in [5, 5.41) is 28.2. The van der Waals surface area contributed by atoms with Gasteiger partial charge in [-0.25, -0.2) is 0 Å². The summed E-state index contributed by atoms with van der Waals surface area (Å²) in [6.07, 6.45) is 15.8. The van der Waals surface area contributed by atoms with Crippen LogP contribution in [0.15, 0.2) is 0 Å². The molecule has 0 bridgehead atoms. The number of carbonyl (C=O) groups is 5. The second-order valence-electron chi connectivity index (χ2n) is 14.7. The predicted molar refractivity (Wildman–Crippen MR) is 220 cm³/mol. The Labute approximate surface area is 328 Å². The molecule has 316 valence electrons. The van der Waals surface area contributed by atoms with Crippen LogP contribution in [0.5, 0.6) is 0 Å². The lowest BCUT2D eigenvalue weighted by atomic mass is 10.0. The minimum absolute atomic E-state index is 0.00336. The maximum atomic E-state index is 13.3. The molecule has 5 unspecified atom stereocenters. The molecule has 0 saturated carbocycles. The third-order valence-corrected chi connectivity index (χ3v) is 10.0. The molecule has 0 heterocycles. The highest BCUT2D eigenvalue weighted by Crippen LogP contribution is 2.11. The molecule has 0 aromatic carbocycles. The van der Waals surface area contributed by atoms with Crippen LogP contribution in [0.25, 0.3) is 0 Å². The third-order valence-electron chi connectivity index (χ3n) is 10.0. The Balaban J connectivity index is 5.10. The van der Waals surface area contributed by atoms with Gasteiger partial charge in [0.2, 0.25) is 23.6 Å². The summed E-state index contributed by atoms with van der Waals surface area (Å²) in [5.41, 5.74) is 0. The molecular weight excluding hydrogens is 686 g/mol. The smallest absolute Gasteiger partial charge is 0.222 e. The second-order valence-corrected chi connectivity index (χ2v) is 14.7. The van der Waals surface area contributed by atoms with Crippen LogP contribution in [0.2, 0.25) is 0 Å². The molecule has 0 rings (SSSR count). The highest BCUT2D eigenvalue weighted by atomic mass is 16.2. The van der Waals surface area contributed by atoms with Gasteiger partial charge in [0, 0.05) is 75.4 Å². The van der Waals surface area contributed by atoms with Gasteiger partial charge in [0.15, 0.2) is 0 Å². The van der Waals surface area contributed by atoms with E-state index in [4.69, 9.17) is 0 Å². The first-order valence-electron chi connectivity index (χ1n) is 21.0. The van der Waals surface area contributed by atoms with Gasteiger partial charge < -0.3 is 52.6 Å². The first-order valence-corrected chi connectivity index (χ1v) is 21.0. The van der Waals surface area contributed by atoms with Crippen molar-refractivity contribution in [3.8, 4) is 0 Å². The zero-order valence-corrected chi connectivity index (χ0v) is 35.0. The number of aldehydes is 1. The SMILES string of the molecule is CCCCCC(CC(=O)NCCCC(CC=O)NC(=O)CC(CCCCNC(=O)CC(CCCCNC)NC)NC(=O)CC(CCCCNC)NC)NC. The van der Waals surface area contributed by atoms with Crippen LogP contribution >= 0.6 is 0 Å². The number of unbranched alkanes of at least 4 members (excludes halogenated alkanes) is 5. The quantitative estimate of drug-likeness (QED) is 0.0333. The van der Waals surface area contributed by atoms with Gasteiger partial charge in [-0.3, -0.25) is 19.2 Å². The van der Waals surface area contributed by atoms with Gasteiger partial charge in [0.05, 0.1) is 0 Å². The summed E-state index contributed by atoms with van der Waals surface area (Å²) < 4.78 is 0. The van der Waals surface area contributed by atoms with E-state index in [0.717, 1.165) is 96.4 Å². The van der Waals surface area contributed by atoms with Gasteiger partial charge in [-0.05, 0) is 113 Å². The Kier molecular flexibility index (Phi) is 34.2. The largest absolute Gasteiger partial charge is 0.356 e. The molecule has 0 aromatic rings. The van der Waals surface area contributed by atoms with E-state index in [-0.39, 0.29) is 66.7 Å². The van der Waals surface area contributed by atoms with E-state index in [2.05, 4.69) is 54.8 Å². The minimum atomic E-state index is -0.380. The number of carbonyl (C=O) groups excluding carboxylic acids is 5. The monoisotopic (exact) mass is 768 g/mol. The summed E-state index contributed by atoms with van der Waals surface area (Å²) in [6, 6.07) is -0.400. The van der Waals surface area contributed by atoms with Crippen molar-refractivity contribution in [3.05, 3.63) is 0 Å². The molecule has 0 aliphatic rings. The van der Waals surface area contributed by atoms with Crippen molar-refractivity contribution in [3.63, 3.8) is 0 Å². The van der Waals surface area contributed by atoms with E-state index in [9.17, 15) is 24.0 Å². The normalized spacial score (nSPS) is 14.0. The van der Waals surface area contributed by atoms with E-state index in [0.29, 0.717) is 51.6 Å². The van der Waals surface area contributed by atoms with E-state index >= 15 is 0 Å². The highest BCUT2D eigenvalue weighted by Gasteiger charge is 2.21. The predicted octanol–water partition coefficient (Wildman–Crippen LogP) is 2.41. The molecule has 0 fully saturated rings. The van der Waals surface area contributed by atoms with Crippen LogP contribution in [0.4, 0.5) is 0 Å². The molecule has 4 amide bonds. The fraction of sp³-hybridized carbons (Fsp3) is 0.875. The van der Waals surface area contributed by atoms with Crippen LogP contribution in [0.1, 0.15) is 135 Å². The summed E-state index contributed by atoms with van der Waals surface area (Å²) in [5.74, 6) is -0.312. The summed E-state index contributed by atoms with van der Waals surface area (Å²) in [4.78, 5) is 63.0. The molecule has 0 aliphatic carbocycles. The molecule has 0 saturated heterocycles. The maximum Gasteiger partial charge on any atom is 0.222 e. The molecular formula is C40H81N9O5. The second kappa shape index (κ2) is 36.0. The molecule has 54 heavy (non-hydrogen) atoms. The van der Waals surface area contributed by atoms with Crippen molar-refractivity contribution in [2.24, 2.45) is 0 Å². The number of nitrogens with one attached hydrogen (secondary N) is 9. The fourth-order valence-corrected chi connectivity index (χ4v) is 6.59. The molecule has 14 heteroatoms. The average Bonchev–Trinajstić information content (AvgIpc) is 3.15. The number of hydrogen-bond acceptors (Lipinski definition) is 10. The van der Waals surface area contributed by atoms with Gasteiger partial charge in [0.25, 0.3) is 0 Å². The van der Waals surface area contributed by atoms with Crippen LogP contribution in [0, 0.1) is 0 Å².